The number of benzene rings is 2. The largest absolute Gasteiger partial charge is 0.491 e. The maximum absolute atomic E-state index is 6.01. The van der Waals surface area contributed by atoms with Gasteiger partial charge in [0.15, 0.2) is 5.96 Å². The third-order valence-corrected chi connectivity index (χ3v) is 4.28. The van der Waals surface area contributed by atoms with E-state index in [-0.39, 0.29) is 24.0 Å². The minimum absolute atomic E-state index is 0. The van der Waals surface area contributed by atoms with Crippen LogP contribution in [0.5, 0.6) is 5.75 Å². The van der Waals surface area contributed by atoms with Crippen LogP contribution in [-0.4, -0.2) is 26.3 Å². The minimum Gasteiger partial charge on any atom is -0.491 e. The molecule has 0 saturated carbocycles. The van der Waals surface area contributed by atoms with Crippen LogP contribution < -0.4 is 15.8 Å². The van der Waals surface area contributed by atoms with E-state index < -0.39 is 0 Å². The number of nitrogens with one attached hydrogen (secondary N) is 1. The molecule has 0 amide bonds. The van der Waals surface area contributed by atoms with E-state index in [1.54, 1.807) is 7.11 Å². The molecule has 0 bridgehead atoms. The second-order valence-electron chi connectivity index (χ2n) is 6.15. The first kappa shape index (κ1) is 20.5. The van der Waals surface area contributed by atoms with Gasteiger partial charge in [0.05, 0.1) is 13.2 Å². The molecule has 3 N–H and O–H groups in total. The van der Waals surface area contributed by atoms with E-state index in [1.165, 1.54) is 24.0 Å². The molecule has 0 atom stereocenters. The molecular weight excluding hydrogens is 441 g/mol. The molecule has 1 aliphatic rings. The molecule has 0 aliphatic heterocycles. The number of aryl methyl sites for hydroxylation is 2. The summed E-state index contributed by atoms with van der Waals surface area (Å²) in [5.41, 5.74) is 11.0. The molecule has 0 heterocycles. The van der Waals surface area contributed by atoms with Gasteiger partial charge in [-0.2, -0.15) is 0 Å². The second kappa shape index (κ2) is 10.4. The molecular formula is C20H26IN3O2. The summed E-state index contributed by atoms with van der Waals surface area (Å²) in [6.07, 6.45) is 3.58. The number of guanidine groups is 1. The Morgan fingerprint density at radius 2 is 1.85 bits per heavy atom. The van der Waals surface area contributed by atoms with Crippen molar-refractivity contribution in [2.75, 3.05) is 25.6 Å². The summed E-state index contributed by atoms with van der Waals surface area (Å²) in [6.45, 7) is 1.66. The Kier molecular flexibility index (Phi) is 8.18. The Morgan fingerprint density at radius 3 is 2.62 bits per heavy atom. The molecule has 3 rings (SSSR count). The fraction of sp³-hybridized carbons (Fsp3) is 0.350. The van der Waals surface area contributed by atoms with Crippen LogP contribution in [0, 0.1) is 0 Å². The van der Waals surface area contributed by atoms with Gasteiger partial charge >= 0.3 is 0 Å². The van der Waals surface area contributed by atoms with Gasteiger partial charge in [-0.1, -0.05) is 18.2 Å². The Labute approximate surface area is 172 Å². The highest BCUT2D eigenvalue weighted by molar-refractivity contribution is 14.0. The van der Waals surface area contributed by atoms with Crippen LogP contribution in [0.25, 0.3) is 0 Å². The van der Waals surface area contributed by atoms with E-state index in [0.717, 1.165) is 23.4 Å². The minimum atomic E-state index is 0. The molecule has 0 saturated heterocycles. The topological polar surface area (TPSA) is 68.9 Å². The molecule has 0 spiro atoms. The molecule has 0 radical (unpaired) electrons. The van der Waals surface area contributed by atoms with Crippen LogP contribution in [0.4, 0.5) is 5.69 Å². The van der Waals surface area contributed by atoms with Crippen molar-refractivity contribution >= 4 is 35.6 Å². The van der Waals surface area contributed by atoms with Gasteiger partial charge in [-0.05, 0) is 60.2 Å². The van der Waals surface area contributed by atoms with Crippen molar-refractivity contribution in [3.05, 3.63) is 59.2 Å². The summed E-state index contributed by atoms with van der Waals surface area (Å²) in [4.78, 5) is 4.41. The van der Waals surface area contributed by atoms with Gasteiger partial charge in [-0.15, -0.1) is 24.0 Å². The lowest BCUT2D eigenvalue weighted by Crippen LogP contribution is -2.22. The normalized spacial score (nSPS) is 13.0. The number of hydrogen-bond acceptors (Lipinski definition) is 3. The number of halogens is 1. The highest BCUT2D eigenvalue weighted by Crippen LogP contribution is 2.24. The third-order valence-electron chi connectivity index (χ3n) is 4.28. The first-order valence-electron chi connectivity index (χ1n) is 8.64. The van der Waals surface area contributed by atoms with Crippen LogP contribution in [0.2, 0.25) is 0 Å². The van der Waals surface area contributed by atoms with Gasteiger partial charge < -0.3 is 20.5 Å². The van der Waals surface area contributed by atoms with E-state index in [1.807, 2.05) is 24.3 Å². The average molecular weight is 467 g/mol. The van der Waals surface area contributed by atoms with Gasteiger partial charge in [-0.3, -0.25) is 0 Å². The highest BCUT2D eigenvalue weighted by atomic mass is 127. The van der Waals surface area contributed by atoms with Crippen LogP contribution in [0.3, 0.4) is 0 Å². The fourth-order valence-corrected chi connectivity index (χ4v) is 2.95. The zero-order valence-corrected chi connectivity index (χ0v) is 17.4. The molecule has 5 nitrogen and oxygen atoms in total. The van der Waals surface area contributed by atoms with E-state index in [2.05, 4.69) is 28.5 Å². The van der Waals surface area contributed by atoms with E-state index >= 15 is 0 Å². The highest BCUT2D eigenvalue weighted by Gasteiger charge is 2.10. The number of nitrogens with zero attached hydrogens (tertiary/aromatic N) is 1. The predicted molar refractivity (Wildman–Crippen MR) is 117 cm³/mol. The van der Waals surface area contributed by atoms with Crippen molar-refractivity contribution in [1.29, 1.82) is 0 Å². The first-order valence-corrected chi connectivity index (χ1v) is 8.64. The lowest BCUT2D eigenvalue weighted by atomic mass is 10.1. The van der Waals surface area contributed by atoms with Crippen LogP contribution >= 0.6 is 24.0 Å². The zero-order valence-electron chi connectivity index (χ0n) is 15.0. The SMILES string of the molecule is COCCOc1ccc(CN=C(N)Nc2ccc3c(c2)CCC3)cc1.I. The van der Waals surface area contributed by atoms with Crippen molar-refractivity contribution < 1.29 is 9.47 Å². The Balaban J connectivity index is 0.00000243. The van der Waals surface area contributed by atoms with Crippen molar-refractivity contribution in [2.45, 2.75) is 25.8 Å². The monoisotopic (exact) mass is 467 g/mol. The number of hydrogen-bond donors (Lipinski definition) is 2. The maximum atomic E-state index is 6.01. The molecule has 0 fully saturated rings. The molecule has 26 heavy (non-hydrogen) atoms. The predicted octanol–water partition coefficient (Wildman–Crippen LogP) is 3.75. The molecule has 6 heteroatoms. The molecule has 1 aliphatic carbocycles. The average Bonchev–Trinajstić information content (AvgIpc) is 3.09. The summed E-state index contributed by atoms with van der Waals surface area (Å²) < 4.78 is 10.5. The van der Waals surface area contributed by atoms with Crippen molar-refractivity contribution in [2.24, 2.45) is 10.7 Å². The van der Waals surface area contributed by atoms with Gasteiger partial charge in [-0.25, -0.2) is 4.99 Å². The molecule has 140 valence electrons. The van der Waals surface area contributed by atoms with Crippen LogP contribution in [0.1, 0.15) is 23.1 Å². The number of methoxy groups -OCH3 is 1. The smallest absolute Gasteiger partial charge is 0.193 e. The summed E-state index contributed by atoms with van der Waals surface area (Å²) in [7, 11) is 1.66. The van der Waals surface area contributed by atoms with Crippen LogP contribution in [0.15, 0.2) is 47.5 Å². The summed E-state index contributed by atoms with van der Waals surface area (Å²) in [6, 6.07) is 14.3. The first-order chi connectivity index (χ1) is 12.2. The maximum Gasteiger partial charge on any atom is 0.193 e. The quantitative estimate of drug-likeness (QED) is 0.282. The number of aliphatic imine (C=N–C) groups is 1. The molecule has 0 unspecified atom stereocenters. The number of ether oxygens (including phenoxy) is 2. The van der Waals surface area contributed by atoms with Crippen molar-refractivity contribution in [1.82, 2.24) is 0 Å². The standard InChI is InChI=1S/C20H25N3O2.HI/c1-24-11-12-25-19-9-5-15(6-10-19)14-22-20(21)23-18-8-7-16-3-2-4-17(16)13-18;/h5-10,13H,2-4,11-12,14H2,1H3,(H3,21,22,23);1H. The van der Waals surface area contributed by atoms with Crippen LogP contribution in [-0.2, 0) is 24.1 Å². The van der Waals surface area contributed by atoms with E-state index in [4.69, 9.17) is 15.2 Å². The van der Waals surface area contributed by atoms with Crippen molar-refractivity contribution in [3.8, 4) is 5.75 Å². The summed E-state index contributed by atoms with van der Waals surface area (Å²) >= 11 is 0. The lowest BCUT2D eigenvalue weighted by Gasteiger charge is -2.08. The number of anilines is 1. The third kappa shape index (κ3) is 5.88. The number of nitrogens with two attached hydrogens (primary N) is 1. The van der Waals surface area contributed by atoms with Crippen molar-refractivity contribution in [3.63, 3.8) is 0 Å². The van der Waals surface area contributed by atoms with Gasteiger partial charge in [0.25, 0.3) is 0 Å². The Hall–Kier alpha value is -1.80. The van der Waals surface area contributed by atoms with Gasteiger partial charge in [0, 0.05) is 12.8 Å². The molecule has 2 aromatic rings. The molecule has 0 aromatic heterocycles. The van der Waals surface area contributed by atoms with Gasteiger partial charge in [0.1, 0.15) is 12.4 Å². The molecule has 2 aromatic carbocycles. The summed E-state index contributed by atoms with van der Waals surface area (Å²) in [5, 5.41) is 3.18. The van der Waals surface area contributed by atoms with E-state index in [0.29, 0.717) is 25.7 Å². The summed E-state index contributed by atoms with van der Waals surface area (Å²) in [5.74, 6) is 1.26. The van der Waals surface area contributed by atoms with Gasteiger partial charge in [0.2, 0.25) is 0 Å². The lowest BCUT2D eigenvalue weighted by molar-refractivity contribution is 0.146. The Bertz CT molecular complexity index is 732. The second-order valence-corrected chi connectivity index (χ2v) is 6.15. The number of rotatable bonds is 7. The zero-order chi connectivity index (χ0) is 17.5. The van der Waals surface area contributed by atoms with E-state index in [9.17, 15) is 0 Å². The number of fused-ring (bicyclic) bond motifs is 1. The Morgan fingerprint density at radius 1 is 1.08 bits per heavy atom. The fourth-order valence-electron chi connectivity index (χ4n) is 2.95.